The summed E-state index contributed by atoms with van der Waals surface area (Å²) in [5.41, 5.74) is 11.8. The third-order valence-corrected chi connectivity index (χ3v) is 7.16. The van der Waals surface area contributed by atoms with E-state index in [1.54, 1.807) is 53.4 Å². The van der Waals surface area contributed by atoms with Crippen LogP contribution >= 0.6 is 0 Å². The zero-order valence-electron chi connectivity index (χ0n) is 26.0. The lowest BCUT2D eigenvalue weighted by molar-refractivity contribution is -0.130. The lowest BCUT2D eigenvalue weighted by atomic mass is 9.85. The van der Waals surface area contributed by atoms with Gasteiger partial charge in [-0.1, -0.05) is 90.5 Å². The Kier molecular flexibility index (Phi) is 12.3. The number of esters is 2. The second-order valence-electron chi connectivity index (χ2n) is 10.9. The molecule has 0 radical (unpaired) electrons. The van der Waals surface area contributed by atoms with E-state index in [2.05, 4.69) is 63.4 Å². The van der Waals surface area contributed by atoms with Crippen LogP contribution in [-0.4, -0.2) is 11.9 Å². The molecule has 0 spiro atoms. The molecule has 0 bridgehead atoms. The van der Waals surface area contributed by atoms with Crippen LogP contribution < -0.4 is 9.47 Å². The summed E-state index contributed by atoms with van der Waals surface area (Å²) in [6, 6.07) is 27.8. The molecule has 0 atom stereocenters. The van der Waals surface area contributed by atoms with Crippen molar-refractivity contribution >= 4 is 11.9 Å². The monoisotopic (exact) mass is 574 g/mol. The SMILES string of the molecule is C=C(C)C(=O)Oc1ccc(C)cc1.C=CC(=O)Oc1ccc(C)cc1.Cc1ccc2c(c1)CC2.Cc1cccc2c1CC2. The molecule has 0 N–H and O–H groups in total. The predicted octanol–water partition coefficient (Wildman–Crippen LogP) is 8.75. The fourth-order valence-corrected chi connectivity index (χ4v) is 4.33. The molecule has 0 heterocycles. The van der Waals surface area contributed by atoms with Gasteiger partial charge in [0.2, 0.25) is 0 Å². The largest absolute Gasteiger partial charge is 0.423 e. The van der Waals surface area contributed by atoms with Crippen molar-refractivity contribution in [2.24, 2.45) is 0 Å². The molecule has 4 heteroatoms. The fourth-order valence-electron chi connectivity index (χ4n) is 4.33. The molecule has 0 unspecified atom stereocenters. The second kappa shape index (κ2) is 16.1. The Labute approximate surface area is 256 Å². The molecular formula is C39H42O4. The van der Waals surface area contributed by atoms with Crippen molar-refractivity contribution in [2.45, 2.75) is 60.3 Å². The maximum absolute atomic E-state index is 11.1. The number of hydrogen-bond acceptors (Lipinski definition) is 4. The van der Waals surface area contributed by atoms with Gasteiger partial charge in [-0.25, -0.2) is 9.59 Å². The van der Waals surface area contributed by atoms with Gasteiger partial charge in [0, 0.05) is 11.6 Å². The highest BCUT2D eigenvalue weighted by atomic mass is 16.5. The third-order valence-electron chi connectivity index (χ3n) is 7.16. The van der Waals surface area contributed by atoms with Crippen molar-refractivity contribution in [3.63, 3.8) is 0 Å². The molecule has 6 rings (SSSR count). The summed E-state index contributed by atoms with van der Waals surface area (Å²) in [7, 11) is 0. The molecule has 0 saturated heterocycles. The molecule has 43 heavy (non-hydrogen) atoms. The molecule has 4 nitrogen and oxygen atoms in total. The van der Waals surface area contributed by atoms with E-state index in [0.29, 0.717) is 17.1 Å². The highest BCUT2D eigenvalue weighted by molar-refractivity contribution is 5.88. The maximum atomic E-state index is 11.1. The van der Waals surface area contributed by atoms with Crippen LogP contribution in [-0.2, 0) is 35.3 Å². The van der Waals surface area contributed by atoms with Gasteiger partial charge in [0.05, 0.1) is 0 Å². The number of fused-ring (bicyclic) bond motifs is 2. The van der Waals surface area contributed by atoms with E-state index in [1.165, 1.54) is 36.8 Å². The summed E-state index contributed by atoms with van der Waals surface area (Å²) >= 11 is 0. The molecule has 2 aliphatic carbocycles. The molecule has 2 aliphatic rings. The van der Waals surface area contributed by atoms with Crippen LogP contribution in [0.3, 0.4) is 0 Å². The molecule has 4 aromatic carbocycles. The summed E-state index contributed by atoms with van der Waals surface area (Å²) in [6.45, 7) is 16.7. The Morgan fingerprint density at radius 1 is 0.651 bits per heavy atom. The third kappa shape index (κ3) is 10.6. The smallest absolute Gasteiger partial charge is 0.338 e. The van der Waals surface area contributed by atoms with Crippen LogP contribution in [0.25, 0.3) is 0 Å². The number of carbonyl (C=O) groups excluding carboxylic acids is 2. The molecule has 222 valence electrons. The topological polar surface area (TPSA) is 52.6 Å². The van der Waals surface area contributed by atoms with E-state index in [9.17, 15) is 9.59 Å². The standard InChI is InChI=1S/C11H12O2.C10H10O2.2C9H10/c1-8(2)11(12)13-10-6-4-9(3)5-7-10;1-3-10(11)12-9-6-4-8(2)5-7-9;1-7-2-3-8-4-5-9(8)6-7;1-7-3-2-4-8-5-6-9(7)8/h4-7H,1H2,2-3H3;3-7H,1H2,2H3;2-3,6H,4-5H2,1H3;2-4H,5-6H2,1H3. The fraction of sp³-hybridized carbons (Fsp3) is 0.231. The first kappa shape index (κ1) is 32.8. The number of hydrogen-bond donors (Lipinski definition) is 0. The Hall–Kier alpha value is -4.70. The minimum Gasteiger partial charge on any atom is -0.423 e. The van der Waals surface area contributed by atoms with Gasteiger partial charge >= 0.3 is 11.9 Å². The number of rotatable bonds is 4. The van der Waals surface area contributed by atoms with E-state index in [-0.39, 0.29) is 5.97 Å². The molecule has 4 aromatic rings. The lowest BCUT2D eigenvalue weighted by Gasteiger charge is -2.20. The van der Waals surface area contributed by atoms with Gasteiger partial charge in [-0.15, -0.1) is 0 Å². The molecule has 0 fully saturated rings. The highest BCUT2D eigenvalue weighted by Crippen LogP contribution is 2.25. The molecule has 0 amide bonds. The Balaban J connectivity index is 0.000000158. The number of carbonyl (C=O) groups is 2. The van der Waals surface area contributed by atoms with Gasteiger partial charge in [-0.2, -0.15) is 0 Å². The Bertz CT molecular complexity index is 1550. The van der Waals surface area contributed by atoms with Crippen molar-refractivity contribution in [1.82, 2.24) is 0 Å². The van der Waals surface area contributed by atoms with Crippen LogP contribution in [0.15, 0.2) is 110 Å². The van der Waals surface area contributed by atoms with Crippen molar-refractivity contribution in [3.8, 4) is 11.5 Å². The van der Waals surface area contributed by atoms with Gasteiger partial charge in [0.25, 0.3) is 0 Å². The quantitative estimate of drug-likeness (QED) is 0.139. The average Bonchev–Trinajstić information content (AvgIpc) is 2.95. The minimum atomic E-state index is -0.432. The van der Waals surface area contributed by atoms with Crippen LogP contribution in [0.5, 0.6) is 11.5 Å². The summed E-state index contributed by atoms with van der Waals surface area (Å²) < 4.78 is 9.85. The van der Waals surface area contributed by atoms with Crippen LogP contribution in [0.4, 0.5) is 0 Å². The van der Waals surface area contributed by atoms with Crippen LogP contribution in [0.1, 0.15) is 51.4 Å². The summed E-state index contributed by atoms with van der Waals surface area (Å²) in [5, 5.41) is 0. The number of ether oxygens (including phenoxy) is 2. The summed E-state index contributed by atoms with van der Waals surface area (Å²) in [5.74, 6) is 0.284. The molecular weight excluding hydrogens is 532 g/mol. The highest BCUT2D eigenvalue weighted by Gasteiger charge is 2.13. The normalized spacial score (nSPS) is 11.4. The van der Waals surface area contributed by atoms with Crippen molar-refractivity contribution < 1.29 is 19.1 Å². The van der Waals surface area contributed by atoms with Crippen molar-refractivity contribution in [1.29, 1.82) is 0 Å². The minimum absolute atomic E-state index is 0.385. The summed E-state index contributed by atoms with van der Waals surface area (Å²) in [6.07, 6.45) is 6.35. The van der Waals surface area contributed by atoms with Gasteiger partial charge < -0.3 is 9.47 Å². The van der Waals surface area contributed by atoms with Crippen molar-refractivity contribution in [2.75, 3.05) is 0 Å². The van der Waals surface area contributed by atoms with Crippen molar-refractivity contribution in [3.05, 3.63) is 154 Å². The van der Waals surface area contributed by atoms with Crippen LogP contribution in [0, 0.1) is 27.7 Å². The average molecular weight is 575 g/mol. The zero-order valence-corrected chi connectivity index (χ0v) is 26.0. The first-order chi connectivity index (χ1) is 20.5. The lowest BCUT2D eigenvalue weighted by Crippen LogP contribution is -2.09. The van der Waals surface area contributed by atoms with Gasteiger partial charge in [0.15, 0.2) is 0 Å². The predicted molar refractivity (Wildman–Crippen MR) is 176 cm³/mol. The molecule has 0 aromatic heterocycles. The van der Waals surface area contributed by atoms with E-state index in [0.717, 1.165) is 17.2 Å². The Morgan fingerprint density at radius 3 is 1.58 bits per heavy atom. The number of benzene rings is 4. The first-order valence-corrected chi connectivity index (χ1v) is 14.6. The van der Waals surface area contributed by atoms with Gasteiger partial charge in [0.1, 0.15) is 11.5 Å². The van der Waals surface area contributed by atoms with Crippen LogP contribution in [0.2, 0.25) is 0 Å². The number of aryl methyl sites for hydroxylation is 7. The van der Waals surface area contributed by atoms with E-state index >= 15 is 0 Å². The maximum Gasteiger partial charge on any atom is 0.338 e. The van der Waals surface area contributed by atoms with E-state index in [1.807, 2.05) is 38.1 Å². The Morgan fingerprint density at radius 2 is 1.19 bits per heavy atom. The van der Waals surface area contributed by atoms with E-state index < -0.39 is 5.97 Å². The molecule has 0 aliphatic heterocycles. The molecule has 0 saturated carbocycles. The second-order valence-corrected chi connectivity index (χ2v) is 10.9. The first-order valence-electron chi connectivity index (χ1n) is 14.6. The van der Waals surface area contributed by atoms with Gasteiger partial charge in [-0.05, 0) is 112 Å². The van der Waals surface area contributed by atoms with Gasteiger partial charge in [-0.3, -0.25) is 0 Å². The summed E-state index contributed by atoms with van der Waals surface area (Å²) in [4.78, 5) is 21.8. The van der Waals surface area contributed by atoms with E-state index in [4.69, 9.17) is 9.47 Å². The zero-order chi connectivity index (χ0) is 31.4.